The highest BCUT2D eigenvalue weighted by atomic mass is 14.5. The first-order valence-electron chi connectivity index (χ1n) is 10.6. The molecule has 4 aliphatic carbocycles. The molecule has 0 fully saturated rings. The van der Waals surface area contributed by atoms with Crippen molar-refractivity contribution in [3.05, 3.63) is 107 Å². The lowest BCUT2D eigenvalue weighted by Gasteiger charge is -2.17. The SMILES string of the molecule is Nc1ccc(-c2cc3ccc2CCc2ccc(cc2-c2ccc(N)cc2)CC3)cc1. The standard InChI is InChI=1S/C28H26N2/c29-25-13-9-23(10-14-25)27-17-19-1-2-20-4-6-22(8-7-21(27)5-3-19)28(18-20)24-11-15-26(30)16-12-24/h3-6,9-18H,1-2,7-8,29-30H2. The van der Waals surface area contributed by atoms with E-state index in [4.69, 9.17) is 11.5 Å². The van der Waals surface area contributed by atoms with E-state index in [2.05, 4.69) is 60.7 Å². The van der Waals surface area contributed by atoms with E-state index in [0.717, 1.165) is 37.1 Å². The minimum Gasteiger partial charge on any atom is -0.399 e. The fourth-order valence-corrected chi connectivity index (χ4v) is 4.42. The third-order valence-corrected chi connectivity index (χ3v) is 6.16. The van der Waals surface area contributed by atoms with Crippen LogP contribution in [0.3, 0.4) is 0 Å². The van der Waals surface area contributed by atoms with Gasteiger partial charge in [0, 0.05) is 11.4 Å². The lowest BCUT2D eigenvalue weighted by atomic mass is 9.87. The Kier molecular flexibility index (Phi) is 4.76. The molecule has 8 rings (SSSR count). The van der Waals surface area contributed by atoms with Gasteiger partial charge in [-0.1, -0.05) is 60.7 Å². The second-order valence-electron chi connectivity index (χ2n) is 8.23. The fraction of sp³-hybridized carbons (Fsp3) is 0.143. The number of anilines is 2. The zero-order valence-corrected chi connectivity index (χ0v) is 17.1. The minimum atomic E-state index is 0.804. The smallest absolute Gasteiger partial charge is 0.0314 e. The highest BCUT2D eigenvalue weighted by Gasteiger charge is 2.13. The van der Waals surface area contributed by atoms with Gasteiger partial charge in [0.25, 0.3) is 0 Å². The van der Waals surface area contributed by atoms with E-state index in [1.54, 1.807) is 0 Å². The Labute approximate surface area is 178 Å². The summed E-state index contributed by atoms with van der Waals surface area (Å²) in [5, 5.41) is 0. The summed E-state index contributed by atoms with van der Waals surface area (Å²) in [6, 6.07) is 30.5. The molecule has 0 aliphatic heterocycles. The number of aryl methyl sites for hydroxylation is 4. The summed E-state index contributed by atoms with van der Waals surface area (Å²) < 4.78 is 0. The quantitative estimate of drug-likeness (QED) is 0.408. The van der Waals surface area contributed by atoms with Crippen molar-refractivity contribution in [2.45, 2.75) is 25.7 Å². The van der Waals surface area contributed by atoms with Crippen LogP contribution in [0.15, 0.2) is 84.9 Å². The summed E-state index contributed by atoms with van der Waals surface area (Å²) in [6.45, 7) is 0. The molecule has 4 aliphatic rings. The third-order valence-electron chi connectivity index (χ3n) is 6.16. The lowest BCUT2D eigenvalue weighted by molar-refractivity contribution is 0.925. The van der Waals surface area contributed by atoms with Crippen LogP contribution in [0, 0.1) is 0 Å². The van der Waals surface area contributed by atoms with Gasteiger partial charge in [-0.3, -0.25) is 0 Å². The molecule has 0 saturated heterocycles. The normalized spacial score (nSPS) is 13.1. The molecule has 0 spiro atoms. The molecular weight excluding hydrogens is 364 g/mol. The molecule has 4 N–H and O–H groups in total. The largest absolute Gasteiger partial charge is 0.399 e. The molecule has 0 amide bonds. The highest BCUT2D eigenvalue weighted by molar-refractivity contribution is 5.72. The predicted octanol–water partition coefficient (Wildman–Crippen LogP) is 6.07. The second-order valence-corrected chi connectivity index (χ2v) is 8.23. The van der Waals surface area contributed by atoms with Crippen LogP contribution in [0.4, 0.5) is 11.4 Å². The monoisotopic (exact) mass is 390 g/mol. The van der Waals surface area contributed by atoms with Gasteiger partial charge in [-0.25, -0.2) is 0 Å². The van der Waals surface area contributed by atoms with Crippen molar-refractivity contribution in [2.24, 2.45) is 0 Å². The van der Waals surface area contributed by atoms with Gasteiger partial charge in [-0.05, 0) is 94.5 Å². The Balaban J connectivity index is 1.57. The van der Waals surface area contributed by atoms with E-state index in [1.165, 1.54) is 44.5 Å². The molecule has 30 heavy (non-hydrogen) atoms. The van der Waals surface area contributed by atoms with Gasteiger partial charge in [0.1, 0.15) is 0 Å². The first-order chi connectivity index (χ1) is 14.7. The second kappa shape index (κ2) is 7.72. The van der Waals surface area contributed by atoms with Crippen LogP contribution in [0.5, 0.6) is 0 Å². The van der Waals surface area contributed by atoms with E-state index in [1.807, 2.05) is 24.3 Å². The maximum Gasteiger partial charge on any atom is 0.0314 e. The van der Waals surface area contributed by atoms with Gasteiger partial charge in [0.05, 0.1) is 0 Å². The lowest BCUT2D eigenvalue weighted by Crippen LogP contribution is -2.02. The molecule has 0 unspecified atom stereocenters. The summed E-state index contributed by atoms with van der Waals surface area (Å²) in [5.41, 5.74) is 24.1. The van der Waals surface area contributed by atoms with E-state index in [-0.39, 0.29) is 0 Å². The van der Waals surface area contributed by atoms with Crippen molar-refractivity contribution in [3.8, 4) is 22.3 Å². The topological polar surface area (TPSA) is 52.0 Å². The summed E-state index contributed by atoms with van der Waals surface area (Å²) in [6.07, 6.45) is 4.06. The molecular formula is C28H26N2. The molecule has 2 heteroatoms. The average Bonchev–Trinajstić information content (AvgIpc) is 2.76. The van der Waals surface area contributed by atoms with Gasteiger partial charge in [-0.2, -0.15) is 0 Å². The molecule has 0 atom stereocenters. The molecule has 0 radical (unpaired) electrons. The first-order valence-corrected chi connectivity index (χ1v) is 10.6. The van der Waals surface area contributed by atoms with Crippen LogP contribution in [0.1, 0.15) is 22.3 Å². The Morgan fingerprint density at radius 2 is 0.833 bits per heavy atom. The molecule has 0 heterocycles. The van der Waals surface area contributed by atoms with E-state index >= 15 is 0 Å². The van der Waals surface area contributed by atoms with Crippen molar-refractivity contribution in [2.75, 3.05) is 11.5 Å². The van der Waals surface area contributed by atoms with Crippen LogP contribution in [-0.2, 0) is 25.7 Å². The fourth-order valence-electron chi connectivity index (χ4n) is 4.42. The van der Waals surface area contributed by atoms with Crippen LogP contribution in [-0.4, -0.2) is 0 Å². The van der Waals surface area contributed by atoms with Crippen LogP contribution in [0.25, 0.3) is 22.3 Å². The highest BCUT2D eigenvalue weighted by Crippen LogP contribution is 2.32. The van der Waals surface area contributed by atoms with E-state index in [0.29, 0.717) is 0 Å². The molecule has 0 saturated carbocycles. The summed E-state index contributed by atoms with van der Waals surface area (Å²) in [5.74, 6) is 0. The van der Waals surface area contributed by atoms with Crippen molar-refractivity contribution in [1.29, 1.82) is 0 Å². The number of nitrogen functional groups attached to an aromatic ring is 2. The van der Waals surface area contributed by atoms with Crippen LogP contribution >= 0.6 is 0 Å². The van der Waals surface area contributed by atoms with Crippen molar-refractivity contribution >= 4 is 11.4 Å². The van der Waals surface area contributed by atoms with E-state index in [9.17, 15) is 0 Å². The van der Waals surface area contributed by atoms with Crippen molar-refractivity contribution in [1.82, 2.24) is 0 Å². The minimum absolute atomic E-state index is 0.804. The maximum atomic E-state index is 5.92. The molecule has 4 aromatic rings. The Hall–Kier alpha value is -3.52. The van der Waals surface area contributed by atoms with E-state index < -0.39 is 0 Å². The van der Waals surface area contributed by atoms with Gasteiger partial charge in [0.2, 0.25) is 0 Å². The number of nitrogens with two attached hydrogens (primary N) is 2. The van der Waals surface area contributed by atoms with Crippen LogP contribution < -0.4 is 11.5 Å². The zero-order valence-electron chi connectivity index (χ0n) is 17.1. The predicted molar refractivity (Wildman–Crippen MR) is 127 cm³/mol. The number of hydrogen-bond acceptors (Lipinski definition) is 2. The Morgan fingerprint density at radius 3 is 1.23 bits per heavy atom. The molecule has 148 valence electrons. The molecule has 0 aromatic heterocycles. The Bertz CT molecular complexity index is 1090. The van der Waals surface area contributed by atoms with Gasteiger partial charge >= 0.3 is 0 Å². The van der Waals surface area contributed by atoms with Crippen molar-refractivity contribution < 1.29 is 0 Å². The average molecular weight is 391 g/mol. The number of benzene rings is 4. The summed E-state index contributed by atoms with van der Waals surface area (Å²) in [4.78, 5) is 0. The zero-order chi connectivity index (χ0) is 20.5. The van der Waals surface area contributed by atoms with Crippen LogP contribution in [0.2, 0.25) is 0 Å². The molecule has 4 aromatic carbocycles. The number of rotatable bonds is 2. The summed E-state index contributed by atoms with van der Waals surface area (Å²) in [7, 11) is 0. The molecule has 4 bridgehead atoms. The Morgan fingerprint density at radius 1 is 0.433 bits per heavy atom. The summed E-state index contributed by atoms with van der Waals surface area (Å²) >= 11 is 0. The van der Waals surface area contributed by atoms with Gasteiger partial charge < -0.3 is 11.5 Å². The van der Waals surface area contributed by atoms with Gasteiger partial charge in [0.15, 0.2) is 0 Å². The van der Waals surface area contributed by atoms with Gasteiger partial charge in [-0.15, -0.1) is 0 Å². The molecule has 2 nitrogen and oxygen atoms in total. The maximum absolute atomic E-state index is 5.92. The third kappa shape index (κ3) is 3.69. The van der Waals surface area contributed by atoms with Crippen molar-refractivity contribution in [3.63, 3.8) is 0 Å². The number of hydrogen-bond donors (Lipinski definition) is 2. The first kappa shape index (κ1) is 18.5.